The van der Waals surface area contributed by atoms with Crippen molar-refractivity contribution in [2.45, 2.75) is 51.2 Å². The average molecular weight is 172 g/mol. The minimum atomic E-state index is -1.05. The Morgan fingerprint density at radius 2 is 2.00 bits per heavy atom. The van der Waals surface area contributed by atoms with Gasteiger partial charge in [-0.2, -0.15) is 0 Å². The van der Waals surface area contributed by atoms with Crippen LogP contribution in [0.3, 0.4) is 0 Å². The zero-order valence-electron chi connectivity index (χ0n) is 7.86. The topological polar surface area (TPSA) is 9.23 Å². The SMILES string of the molecule is CCCCCO[Si]1(C)CCC1. The first-order valence-electron chi connectivity index (χ1n) is 4.91. The van der Waals surface area contributed by atoms with Crippen molar-refractivity contribution in [1.82, 2.24) is 0 Å². The van der Waals surface area contributed by atoms with Crippen molar-refractivity contribution in [2.75, 3.05) is 6.61 Å². The summed E-state index contributed by atoms with van der Waals surface area (Å²) in [5.74, 6) is 0. The monoisotopic (exact) mass is 172 g/mol. The van der Waals surface area contributed by atoms with Crippen molar-refractivity contribution in [2.24, 2.45) is 0 Å². The third kappa shape index (κ3) is 2.95. The highest BCUT2D eigenvalue weighted by molar-refractivity contribution is 6.75. The van der Waals surface area contributed by atoms with Gasteiger partial charge in [0.1, 0.15) is 0 Å². The largest absolute Gasteiger partial charge is 0.417 e. The van der Waals surface area contributed by atoms with Gasteiger partial charge in [-0.3, -0.25) is 0 Å². The van der Waals surface area contributed by atoms with Crippen molar-refractivity contribution < 1.29 is 4.43 Å². The van der Waals surface area contributed by atoms with Crippen LogP contribution < -0.4 is 0 Å². The molecule has 0 aromatic rings. The molecule has 1 aliphatic rings. The summed E-state index contributed by atoms with van der Waals surface area (Å²) in [6, 6.07) is 2.83. The maximum atomic E-state index is 5.91. The van der Waals surface area contributed by atoms with Crippen LogP contribution in [0.15, 0.2) is 0 Å². The molecule has 0 bridgehead atoms. The standard InChI is InChI=1S/C9H20OSi/c1-3-4-5-7-10-11(2)8-6-9-11/h3-9H2,1-2H3. The van der Waals surface area contributed by atoms with Gasteiger partial charge in [0.25, 0.3) is 0 Å². The molecule has 1 heterocycles. The molecule has 0 spiro atoms. The van der Waals surface area contributed by atoms with Crippen molar-refractivity contribution >= 4 is 8.32 Å². The van der Waals surface area contributed by atoms with Crippen LogP contribution in [0.4, 0.5) is 0 Å². The summed E-state index contributed by atoms with van der Waals surface area (Å²) in [6.07, 6.45) is 5.35. The molecule has 0 atom stereocenters. The summed E-state index contributed by atoms with van der Waals surface area (Å²) < 4.78 is 5.91. The lowest BCUT2D eigenvalue weighted by molar-refractivity contribution is 0.280. The van der Waals surface area contributed by atoms with Crippen LogP contribution in [0.2, 0.25) is 18.6 Å². The van der Waals surface area contributed by atoms with Gasteiger partial charge in [0, 0.05) is 6.61 Å². The van der Waals surface area contributed by atoms with Crippen LogP contribution in [0, 0.1) is 0 Å². The molecule has 0 aromatic heterocycles. The van der Waals surface area contributed by atoms with E-state index >= 15 is 0 Å². The summed E-state index contributed by atoms with van der Waals surface area (Å²) in [5, 5.41) is 0. The van der Waals surface area contributed by atoms with Crippen molar-refractivity contribution in [3.05, 3.63) is 0 Å². The lowest BCUT2D eigenvalue weighted by atomic mass is 10.3. The van der Waals surface area contributed by atoms with Crippen LogP contribution in [-0.4, -0.2) is 14.9 Å². The fourth-order valence-electron chi connectivity index (χ4n) is 1.49. The molecule has 2 heteroatoms. The van der Waals surface area contributed by atoms with Crippen LogP contribution in [0.5, 0.6) is 0 Å². The van der Waals surface area contributed by atoms with E-state index in [1.54, 1.807) is 0 Å². The van der Waals surface area contributed by atoms with Crippen LogP contribution in [0.1, 0.15) is 32.6 Å². The molecule has 11 heavy (non-hydrogen) atoms. The van der Waals surface area contributed by atoms with E-state index in [1.165, 1.54) is 37.8 Å². The second-order valence-electron chi connectivity index (χ2n) is 3.86. The van der Waals surface area contributed by atoms with E-state index in [0.29, 0.717) is 0 Å². The number of hydrogen-bond donors (Lipinski definition) is 0. The molecule has 0 radical (unpaired) electrons. The second kappa shape index (κ2) is 4.26. The van der Waals surface area contributed by atoms with Gasteiger partial charge in [-0.25, -0.2) is 0 Å². The van der Waals surface area contributed by atoms with E-state index in [0.717, 1.165) is 6.61 Å². The molecule has 0 unspecified atom stereocenters. The van der Waals surface area contributed by atoms with Crippen molar-refractivity contribution in [1.29, 1.82) is 0 Å². The van der Waals surface area contributed by atoms with E-state index in [4.69, 9.17) is 4.43 Å². The summed E-state index contributed by atoms with van der Waals surface area (Å²) in [6.45, 7) is 5.65. The molecule has 0 N–H and O–H groups in total. The molecule has 1 aliphatic heterocycles. The van der Waals surface area contributed by atoms with Gasteiger partial charge in [-0.15, -0.1) is 0 Å². The highest BCUT2D eigenvalue weighted by atomic mass is 28.4. The lowest BCUT2D eigenvalue weighted by Crippen LogP contribution is -2.41. The first-order chi connectivity index (χ1) is 5.27. The third-order valence-electron chi connectivity index (χ3n) is 2.61. The van der Waals surface area contributed by atoms with Gasteiger partial charge < -0.3 is 4.43 Å². The zero-order chi connectivity index (χ0) is 8.16. The molecule has 1 saturated heterocycles. The summed E-state index contributed by atoms with van der Waals surface area (Å²) in [5.41, 5.74) is 0. The first kappa shape index (κ1) is 9.27. The molecule has 1 nitrogen and oxygen atoms in total. The maximum Gasteiger partial charge on any atom is 0.189 e. The smallest absolute Gasteiger partial charge is 0.189 e. The normalized spacial score (nSPS) is 21.3. The Bertz CT molecular complexity index is 110. The molecule has 1 rings (SSSR count). The minimum absolute atomic E-state index is 1.04. The average Bonchev–Trinajstić information content (AvgIpc) is 1.95. The van der Waals surface area contributed by atoms with Crippen molar-refractivity contribution in [3.8, 4) is 0 Å². The van der Waals surface area contributed by atoms with E-state index in [1.807, 2.05) is 0 Å². The Morgan fingerprint density at radius 3 is 2.45 bits per heavy atom. The highest BCUT2D eigenvalue weighted by Gasteiger charge is 2.35. The first-order valence-corrected chi connectivity index (χ1v) is 7.73. The molecular weight excluding hydrogens is 152 g/mol. The van der Waals surface area contributed by atoms with Gasteiger partial charge in [0.15, 0.2) is 8.32 Å². The van der Waals surface area contributed by atoms with Crippen molar-refractivity contribution in [3.63, 3.8) is 0 Å². The van der Waals surface area contributed by atoms with Gasteiger partial charge in [0.2, 0.25) is 0 Å². The van der Waals surface area contributed by atoms with Gasteiger partial charge >= 0.3 is 0 Å². The summed E-state index contributed by atoms with van der Waals surface area (Å²) in [4.78, 5) is 0. The number of rotatable bonds is 5. The van der Waals surface area contributed by atoms with E-state index < -0.39 is 8.32 Å². The second-order valence-corrected chi connectivity index (χ2v) is 8.05. The Hall–Kier alpha value is 0.177. The molecule has 0 saturated carbocycles. The third-order valence-corrected chi connectivity index (χ3v) is 6.33. The summed E-state index contributed by atoms with van der Waals surface area (Å²) >= 11 is 0. The Labute approximate surface area is 71.3 Å². The molecule has 0 aromatic carbocycles. The zero-order valence-corrected chi connectivity index (χ0v) is 8.86. The van der Waals surface area contributed by atoms with Crippen LogP contribution in [-0.2, 0) is 4.43 Å². The molecule has 1 fully saturated rings. The van der Waals surface area contributed by atoms with Gasteiger partial charge in [-0.1, -0.05) is 26.2 Å². The fraction of sp³-hybridized carbons (Fsp3) is 1.00. The number of unbranched alkanes of at least 4 members (excludes halogenated alkanes) is 2. The maximum absolute atomic E-state index is 5.91. The fourth-order valence-corrected chi connectivity index (χ4v) is 3.76. The molecule has 66 valence electrons. The Balaban J connectivity index is 1.94. The van der Waals surface area contributed by atoms with Gasteiger partial charge in [0.05, 0.1) is 0 Å². The molecule has 0 aliphatic carbocycles. The lowest BCUT2D eigenvalue weighted by Gasteiger charge is -2.35. The van der Waals surface area contributed by atoms with E-state index in [2.05, 4.69) is 13.5 Å². The van der Waals surface area contributed by atoms with Gasteiger partial charge in [-0.05, 0) is 25.1 Å². The quantitative estimate of drug-likeness (QED) is 0.457. The van der Waals surface area contributed by atoms with Crippen LogP contribution >= 0.6 is 0 Å². The highest BCUT2D eigenvalue weighted by Crippen LogP contribution is 2.32. The molecule has 0 amide bonds. The van der Waals surface area contributed by atoms with E-state index in [-0.39, 0.29) is 0 Å². The number of hydrogen-bond acceptors (Lipinski definition) is 1. The van der Waals surface area contributed by atoms with E-state index in [9.17, 15) is 0 Å². The Kier molecular flexibility index (Phi) is 3.59. The van der Waals surface area contributed by atoms with Crippen LogP contribution in [0.25, 0.3) is 0 Å². The summed E-state index contributed by atoms with van der Waals surface area (Å²) in [7, 11) is -1.05. The predicted octanol–water partition coefficient (Wildman–Crippen LogP) is 3.17. The minimum Gasteiger partial charge on any atom is -0.417 e. The molecular formula is C9H20OSi. The Morgan fingerprint density at radius 1 is 1.27 bits per heavy atom. The predicted molar refractivity (Wildman–Crippen MR) is 51.3 cm³/mol.